The van der Waals surface area contributed by atoms with Crippen molar-refractivity contribution in [2.45, 2.75) is 6.10 Å². The molecule has 0 spiro atoms. The monoisotopic (exact) mass is 200 g/mol. The van der Waals surface area contributed by atoms with Crippen LogP contribution in [0.5, 0.6) is 0 Å². The lowest BCUT2D eigenvalue weighted by Crippen LogP contribution is -2.09. The maximum atomic E-state index is 10.3. The van der Waals surface area contributed by atoms with E-state index in [1.54, 1.807) is 0 Å². The zero-order chi connectivity index (χ0) is 5.98. The van der Waals surface area contributed by atoms with E-state index in [1.807, 2.05) is 0 Å². The van der Waals surface area contributed by atoms with Crippen LogP contribution in [-0.4, -0.2) is 22.2 Å². The number of rotatable bonds is 1. The van der Waals surface area contributed by atoms with E-state index in [4.69, 9.17) is 4.18 Å². The molecule has 0 aliphatic carbocycles. The van der Waals surface area contributed by atoms with Crippen molar-refractivity contribution in [3.05, 3.63) is 0 Å². The summed E-state index contributed by atoms with van der Waals surface area (Å²) in [5, 5.41) is 0.679. The van der Waals surface area contributed by atoms with Gasteiger partial charge in [-0.1, -0.05) is 15.9 Å². The second-order valence-electron chi connectivity index (χ2n) is 1.36. The summed E-state index contributed by atoms with van der Waals surface area (Å²) in [5.74, 6) is 0. The van der Waals surface area contributed by atoms with Gasteiger partial charge < -0.3 is 0 Å². The van der Waals surface area contributed by atoms with E-state index in [9.17, 15) is 4.21 Å². The topological polar surface area (TPSA) is 35.5 Å². The third-order valence-corrected chi connectivity index (χ3v) is 2.22. The molecular formula is C3H5BrO3S. The molecule has 0 N–H and O–H groups in total. The number of hydrogen-bond donors (Lipinski definition) is 0. The standard InChI is InChI=1S/C3H5BrO3S/c4-1-3-2-6-8(5)7-3/h3H,1-2H2/t3-,8?/m0/s1. The zero-order valence-electron chi connectivity index (χ0n) is 4.00. The van der Waals surface area contributed by atoms with Crippen LogP contribution in [0.25, 0.3) is 0 Å². The van der Waals surface area contributed by atoms with Crippen LogP contribution in [0, 0.1) is 0 Å². The van der Waals surface area contributed by atoms with E-state index in [-0.39, 0.29) is 6.10 Å². The summed E-state index contributed by atoms with van der Waals surface area (Å²) in [6, 6.07) is 0. The molecule has 1 saturated heterocycles. The SMILES string of the molecule is O=S1OC[C@H](CBr)O1. The summed E-state index contributed by atoms with van der Waals surface area (Å²) in [6.45, 7) is 0.428. The van der Waals surface area contributed by atoms with Gasteiger partial charge in [0.25, 0.3) is 0 Å². The second kappa shape index (κ2) is 2.91. The zero-order valence-corrected chi connectivity index (χ0v) is 6.41. The first-order chi connectivity index (χ1) is 3.83. The number of alkyl halides is 1. The van der Waals surface area contributed by atoms with Crippen molar-refractivity contribution in [2.24, 2.45) is 0 Å². The van der Waals surface area contributed by atoms with Crippen LogP contribution in [0.15, 0.2) is 0 Å². The smallest absolute Gasteiger partial charge is 0.266 e. The highest BCUT2D eigenvalue weighted by Crippen LogP contribution is 2.09. The minimum absolute atomic E-state index is 0.0316. The van der Waals surface area contributed by atoms with Gasteiger partial charge in [0.2, 0.25) is 0 Å². The number of halogens is 1. The highest BCUT2D eigenvalue weighted by Gasteiger charge is 2.21. The van der Waals surface area contributed by atoms with Crippen LogP contribution in [0.1, 0.15) is 0 Å². The Kier molecular flexibility index (Phi) is 2.43. The molecular weight excluding hydrogens is 196 g/mol. The van der Waals surface area contributed by atoms with Crippen molar-refractivity contribution in [1.29, 1.82) is 0 Å². The van der Waals surface area contributed by atoms with Crippen LogP contribution >= 0.6 is 15.9 Å². The molecule has 5 heteroatoms. The third-order valence-electron chi connectivity index (χ3n) is 0.737. The maximum Gasteiger partial charge on any atom is 0.305 e. The summed E-state index contributed by atoms with van der Waals surface area (Å²) in [7, 11) is 0. The number of hydrogen-bond acceptors (Lipinski definition) is 3. The van der Waals surface area contributed by atoms with E-state index in [0.717, 1.165) is 0 Å². The molecule has 48 valence electrons. The first-order valence-corrected chi connectivity index (χ1v) is 4.23. The Morgan fingerprint density at radius 3 is 2.88 bits per heavy atom. The molecule has 0 aromatic carbocycles. The van der Waals surface area contributed by atoms with Crippen LogP contribution in [-0.2, 0) is 19.7 Å². The molecule has 8 heavy (non-hydrogen) atoms. The van der Waals surface area contributed by atoms with E-state index in [0.29, 0.717) is 11.9 Å². The average Bonchev–Trinajstić information content (AvgIpc) is 2.14. The quantitative estimate of drug-likeness (QED) is 0.575. The van der Waals surface area contributed by atoms with Gasteiger partial charge in [-0.3, -0.25) is 8.37 Å². The second-order valence-corrected chi connectivity index (χ2v) is 2.85. The van der Waals surface area contributed by atoms with Gasteiger partial charge in [-0.05, 0) is 0 Å². The van der Waals surface area contributed by atoms with Gasteiger partial charge in [0.1, 0.15) is 6.10 Å². The molecule has 1 rings (SSSR count). The predicted molar refractivity (Wildman–Crippen MR) is 32.8 cm³/mol. The molecule has 2 atom stereocenters. The van der Waals surface area contributed by atoms with Crippen LogP contribution in [0.3, 0.4) is 0 Å². The van der Waals surface area contributed by atoms with Gasteiger partial charge in [0, 0.05) is 5.33 Å². The van der Waals surface area contributed by atoms with Crippen molar-refractivity contribution in [3.63, 3.8) is 0 Å². The Morgan fingerprint density at radius 1 is 1.88 bits per heavy atom. The lowest BCUT2D eigenvalue weighted by Gasteiger charge is -1.94. The minimum Gasteiger partial charge on any atom is -0.266 e. The third kappa shape index (κ3) is 1.51. The lowest BCUT2D eigenvalue weighted by atomic mass is 10.5. The largest absolute Gasteiger partial charge is 0.305 e. The molecule has 0 radical (unpaired) electrons. The fourth-order valence-corrected chi connectivity index (χ4v) is 1.53. The average molecular weight is 201 g/mol. The van der Waals surface area contributed by atoms with Crippen LogP contribution in [0.2, 0.25) is 0 Å². The predicted octanol–water partition coefficient (Wildman–Crippen LogP) is 0.375. The van der Waals surface area contributed by atoms with E-state index < -0.39 is 11.4 Å². The van der Waals surface area contributed by atoms with Crippen molar-refractivity contribution >= 4 is 27.3 Å². The lowest BCUT2D eigenvalue weighted by molar-refractivity contribution is 0.268. The maximum absolute atomic E-state index is 10.3. The van der Waals surface area contributed by atoms with Crippen molar-refractivity contribution < 1.29 is 12.6 Å². The van der Waals surface area contributed by atoms with E-state index in [2.05, 4.69) is 20.1 Å². The molecule has 1 fully saturated rings. The first kappa shape index (κ1) is 6.67. The fraction of sp³-hybridized carbons (Fsp3) is 1.00. The van der Waals surface area contributed by atoms with Crippen LogP contribution in [0.4, 0.5) is 0 Å². The minimum atomic E-state index is -1.48. The highest BCUT2D eigenvalue weighted by atomic mass is 79.9. The summed E-state index contributed by atoms with van der Waals surface area (Å²) in [6.07, 6.45) is -0.0316. The molecule has 0 aromatic heterocycles. The van der Waals surface area contributed by atoms with Crippen molar-refractivity contribution in [3.8, 4) is 0 Å². The normalized spacial score (nSPS) is 38.1. The Balaban J connectivity index is 2.32. The van der Waals surface area contributed by atoms with E-state index >= 15 is 0 Å². The summed E-state index contributed by atoms with van der Waals surface area (Å²) < 4.78 is 19.5. The molecule has 0 saturated carbocycles. The summed E-state index contributed by atoms with van der Waals surface area (Å²) >= 11 is 1.68. The van der Waals surface area contributed by atoms with Gasteiger partial charge in [0.15, 0.2) is 0 Å². The van der Waals surface area contributed by atoms with Gasteiger partial charge >= 0.3 is 11.4 Å². The molecule has 1 aliphatic rings. The summed E-state index contributed by atoms with van der Waals surface area (Å²) in [4.78, 5) is 0. The van der Waals surface area contributed by atoms with Crippen molar-refractivity contribution in [2.75, 3.05) is 11.9 Å². The van der Waals surface area contributed by atoms with Gasteiger partial charge in [-0.2, -0.15) is 4.21 Å². The Hall–Kier alpha value is 0.550. The fourth-order valence-electron chi connectivity index (χ4n) is 0.368. The van der Waals surface area contributed by atoms with Crippen LogP contribution < -0.4 is 0 Å². The first-order valence-electron chi connectivity index (χ1n) is 2.11. The highest BCUT2D eigenvalue weighted by molar-refractivity contribution is 9.09. The van der Waals surface area contributed by atoms with Crippen molar-refractivity contribution in [1.82, 2.24) is 0 Å². The molecule has 3 nitrogen and oxygen atoms in total. The Bertz CT molecular complexity index is 107. The molecule has 0 amide bonds. The molecule has 1 aliphatic heterocycles. The molecule has 0 aromatic rings. The molecule has 0 bridgehead atoms. The Labute approximate surface area is 58.4 Å². The van der Waals surface area contributed by atoms with Gasteiger partial charge in [-0.15, -0.1) is 0 Å². The van der Waals surface area contributed by atoms with Gasteiger partial charge in [0.05, 0.1) is 6.61 Å². The summed E-state index contributed by atoms with van der Waals surface area (Å²) in [5.41, 5.74) is 0. The Morgan fingerprint density at radius 2 is 2.62 bits per heavy atom. The molecule has 1 unspecified atom stereocenters. The molecule has 1 heterocycles. The van der Waals surface area contributed by atoms with Gasteiger partial charge in [-0.25, -0.2) is 0 Å². The van der Waals surface area contributed by atoms with E-state index in [1.165, 1.54) is 0 Å².